The molecule has 4 unspecified atom stereocenters. The molecule has 0 bridgehead atoms. The fourth-order valence-corrected chi connectivity index (χ4v) is 5.53. The van der Waals surface area contributed by atoms with Gasteiger partial charge in [0.15, 0.2) is 0 Å². The lowest BCUT2D eigenvalue weighted by atomic mass is 9.81. The molecule has 0 heterocycles. The van der Waals surface area contributed by atoms with E-state index in [1.807, 2.05) is 30.3 Å². The van der Waals surface area contributed by atoms with Gasteiger partial charge in [-0.15, -0.1) is 0 Å². The van der Waals surface area contributed by atoms with Gasteiger partial charge < -0.3 is 10.4 Å². The largest absolute Gasteiger partial charge is 0.481 e. The van der Waals surface area contributed by atoms with E-state index in [-0.39, 0.29) is 17.9 Å². The number of carbonyl (C=O) groups excluding carboxylic acids is 1. The minimum atomic E-state index is -0.734. The fourth-order valence-electron chi connectivity index (χ4n) is 5.40. The molecule has 0 radical (unpaired) electrons. The average Bonchev–Trinajstić information content (AvgIpc) is 3.20. The van der Waals surface area contributed by atoms with E-state index < -0.39 is 11.9 Å². The normalized spacial score (nSPS) is 27.0. The molecule has 2 fully saturated rings. The van der Waals surface area contributed by atoms with Gasteiger partial charge in [0.2, 0.25) is 0 Å². The predicted octanol–water partition coefficient (Wildman–Crippen LogP) is 4.99. The first kappa shape index (κ1) is 20.0. The molecule has 29 heavy (non-hydrogen) atoms. The van der Waals surface area contributed by atoms with Crippen molar-refractivity contribution in [2.24, 2.45) is 23.7 Å². The highest BCUT2D eigenvalue weighted by Gasteiger charge is 2.60. The first-order valence-corrected chi connectivity index (χ1v) is 10.7. The number of halogens is 1. The molecule has 2 aromatic carbocycles. The average molecular weight is 412 g/mol. The smallest absolute Gasteiger partial charge is 0.311 e. The molecular formula is C24H26ClNO3. The van der Waals surface area contributed by atoms with Crippen molar-refractivity contribution in [3.05, 3.63) is 70.7 Å². The number of hydrogen-bond acceptors (Lipinski definition) is 2. The van der Waals surface area contributed by atoms with Gasteiger partial charge in [-0.25, -0.2) is 0 Å². The molecule has 4 rings (SSSR count). The fraction of sp³-hybridized carbons (Fsp3) is 0.417. The monoisotopic (exact) mass is 411 g/mol. The molecule has 2 saturated carbocycles. The number of fused-ring (bicyclic) bond motifs is 1. The molecule has 2 aliphatic carbocycles. The zero-order valence-electron chi connectivity index (χ0n) is 16.4. The molecule has 2 aromatic rings. The highest BCUT2D eigenvalue weighted by Crippen LogP contribution is 2.63. The molecule has 2 N–H and O–H groups in total. The number of nitrogens with one attached hydrogen (secondary N) is 1. The van der Waals surface area contributed by atoms with Crippen LogP contribution in [0.3, 0.4) is 0 Å². The van der Waals surface area contributed by atoms with Crippen LogP contribution < -0.4 is 5.32 Å². The topological polar surface area (TPSA) is 66.4 Å². The number of benzene rings is 2. The number of rotatable bonds is 7. The van der Waals surface area contributed by atoms with Crippen molar-refractivity contribution in [1.82, 2.24) is 5.32 Å². The van der Waals surface area contributed by atoms with Gasteiger partial charge in [0, 0.05) is 16.6 Å². The third kappa shape index (κ3) is 4.04. The number of aliphatic carboxylic acids is 1. The summed E-state index contributed by atoms with van der Waals surface area (Å²) in [5, 5.41) is 13.6. The molecule has 152 valence electrons. The minimum absolute atomic E-state index is 0.0669. The van der Waals surface area contributed by atoms with E-state index in [0.29, 0.717) is 28.3 Å². The van der Waals surface area contributed by atoms with E-state index in [4.69, 9.17) is 11.6 Å². The molecule has 4 nitrogen and oxygen atoms in total. The molecule has 2 aliphatic rings. The van der Waals surface area contributed by atoms with Crippen LogP contribution in [0.1, 0.15) is 48.0 Å². The van der Waals surface area contributed by atoms with Crippen LogP contribution in [0.5, 0.6) is 0 Å². The second kappa shape index (κ2) is 8.19. The quantitative estimate of drug-likeness (QED) is 0.674. The number of carboxylic acids is 1. The van der Waals surface area contributed by atoms with Gasteiger partial charge in [0.25, 0.3) is 5.91 Å². The number of carboxylic acid groups (broad SMARTS) is 1. The van der Waals surface area contributed by atoms with Gasteiger partial charge in [-0.3, -0.25) is 9.59 Å². The third-order valence-corrected chi connectivity index (χ3v) is 7.02. The van der Waals surface area contributed by atoms with Crippen LogP contribution >= 0.6 is 11.6 Å². The molecule has 4 atom stereocenters. The Balaban J connectivity index is 1.39. The molecule has 1 amide bonds. The molecule has 5 heteroatoms. The Labute approximate surface area is 176 Å². The molecule has 0 spiro atoms. The number of amides is 1. The van der Waals surface area contributed by atoms with Gasteiger partial charge in [0.05, 0.1) is 5.92 Å². The maximum Gasteiger partial charge on any atom is 0.311 e. The Bertz CT molecular complexity index is 871. The van der Waals surface area contributed by atoms with Crippen LogP contribution in [0.25, 0.3) is 0 Å². The van der Waals surface area contributed by atoms with Gasteiger partial charge in [0.1, 0.15) is 0 Å². The van der Waals surface area contributed by atoms with E-state index in [9.17, 15) is 14.7 Å². The van der Waals surface area contributed by atoms with Crippen LogP contribution in [-0.2, 0) is 4.79 Å². The summed E-state index contributed by atoms with van der Waals surface area (Å²) in [4.78, 5) is 24.5. The summed E-state index contributed by atoms with van der Waals surface area (Å²) in [7, 11) is 0. The van der Waals surface area contributed by atoms with E-state index in [1.165, 1.54) is 0 Å². The van der Waals surface area contributed by atoms with Gasteiger partial charge in [-0.2, -0.15) is 0 Å². The highest BCUT2D eigenvalue weighted by atomic mass is 35.5. The Hall–Kier alpha value is -2.33. The van der Waals surface area contributed by atoms with Crippen LogP contribution in [0.15, 0.2) is 54.6 Å². The lowest BCUT2D eigenvalue weighted by Gasteiger charge is -2.25. The molecule has 0 aromatic heterocycles. The van der Waals surface area contributed by atoms with Crippen molar-refractivity contribution in [2.75, 3.05) is 0 Å². The van der Waals surface area contributed by atoms with Crippen molar-refractivity contribution in [3.63, 3.8) is 0 Å². The van der Waals surface area contributed by atoms with Crippen molar-refractivity contribution < 1.29 is 14.7 Å². The zero-order valence-corrected chi connectivity index (χ0v) is 17.2. The predicted molar refractivity (Wildman–Crippen MR) is 113 cm³/mol. The number of carbonyl (C=O) groups is 2. The van der Waals surface area contributed by atoms with Crippen LogP contribution in [0.2, 0.25) is 5.02 Å². The standard InChI is InChI=1S/C24H26ClNO3/c1-2-20(26-23(27)15-8-10-17(25)11-9-15)22-18-12-16(13-19(18)22)21(24(28)29)14-6-4-3-5-7-14/h3-11,16,18-22H,2,12-13H2,1H3,(H,26,27)(H,28,29). The highest BCUT2D eigenvalue weighted by molar-refractivity contribution is 6.30. The van der Waals surface area contributed by atoms with E-state index in [2.05, 4.69) is 12.2 Å². The first-order chi connectivity index (χ1) is 14.0. The summed E-state index contributed by atoms with van der Waals surface area (Å²) in [6, 6.07) is 16.6. The second-order valence-electron chi connectivity index (χ2n) is 8.36. The lowest BCUT2D eigenvalue weighted by Crippen LogP contribution is -2.37. The van der Waals surface area contributed by atoms with Gasteiger partial charge >= 0.3 is 5.97 Å². The van der Waals surface area contributed by atoms with E-state index in [1.54, 1.807) is 24.3 Å². The Morgan fingerprint density at radius 3 is 2.24 bits per heavy atom. The summed E-state index contributed by atoms with van der Waals surface area (Å²) >= 11 is 5.91. The second-order valence-corrected chi connectivity index (χ2v) is 8.79. The first-order valence-electron chi connectivity index (χ1n) is 10.3. The SMILES string of the molecule is CCC(NC(=O)c1ccc(Cl)cc1)C1C2CC(C(C(=O)O)c3ccccc3)CC21. The minimum Gasteiger partial charge on any atom is -0.481 e. The van der Waals surface area contributed by atoms with Crippen molar-refractivity contribution in [3.8, 4) is 0 Å². The summed E-state index contributed by atoms with van der Waals surface area (Å²) < 4.78 is 0. The third-order valence-electron chi connectivity index (χ3n) is 6.77. The Kier molecular flexibility index (Phi) is 5.64. The van der Waals surface area contributed by atoms with Crippen LogP contribution in [-0.4, -0.2) is 23.0 Å². The Morgan fingerprint density at radius 1 is 1.07 bits per heavy atom. The summed E-state index contributed by atoms with van der Waals surface area (Å²) in [6.07, 6.45) is 2.73. The lowest BCUT2D eigenvalue weighted by molar-refractivity contribution is -0.140. The Morgan fingerprint density at radius 2 is 1.69 bits per heavy atom. The maximum absolute atomic E-state index is 12.6. The van der Waals surface area contributed by atoms with E-state index >= 15 is 0 Å². The van der Waals surface area contributed by atoms with Crippen molar-refractivity contribution in [2.45, 2.75) is 38.1 Å². The summed E-state index contributed by atoms with van der Waals surface area (Å²) in [5.74, 6) is 0.420. The zero-order chi connectivity index (χ0) is 20.5. The molecule has 0 aliphatic heterocycles. The van der Waals surface area contributed by atoms with Crippen molar-refractivity contribution in [1.29, 1.82) is 0 Å². The summed E-state index contributed by atoms with van der Waals surface area (Å²) in [6.45, 7) is 2.10. The van der Waals surface area contributed by atoms with Gasteiger partial charge in [-0.05, 0) is 72.8 Å². The summed E-state index contributed by atoms with van der Waals surface area (Å²) in [5.41, 5.74) is 1.51. The maximum atomic E-state index is 12.6. The van der Waals surface area contributed by atoms with Crippen molar-refractivity contribution >= 4 is 23.5 Å². The molecular weight excluding hydrogens is 386 g/mol. The van der Waals surface area contributed by atoms with Gasteiger partial charge in [-0.1, -0.05) is 48.9 Å². The van der Waals surface area contributed by atoms with E-state index in [0.717, 1.165) is 24.8 Å². The van der Waals surface area contributed by atoms with Crippen LogP contribution in [0.4, 0.5) is 0 Å². The van der Waals surface area contributed by atoms with Crippen LogP contribution in [0, 0.1) is 23.7 Å². The molecule has 0 saturated heterocycles. The number of hydrogen-bond donors (Lipinski definition) is 2.